The third-order valence-electron chi connectivity index (χ3n) is 4.31. The lowest BCUT2D eigenvalue weighted by molar-refractivity contribution is -0.141. The molecular weight excluding hydrogens is 407 g/mol. The SMILES string of the molecule is C[Si](C)(C)CCOCn1c(-c2ccc(C(F)(F)F)nc2)cc2c(Cl)ccnc21. The molecule has 3 rings (SSSR count). The highest BCUT2D eigenvalue weighted by atomic mass is 35.5. The maximum atomic E-state index is 12.8. The lowest BCUT2D eigenvalue weighted by Crippen LogP contribution is -2.22. The molecule has 0 aliphatic carbocycles. The number of aromatic nitrogens is 3. The summed E-state index contributed by atoms with van der Waals surface area (Å²) in [6, 6.07) is 6.86. The minimum Gasteiger partial charge on any atom is -0.361 e. The number of nitrogens with zero attached hydrogens (tertiary/aromatic N) is 3. The van der Waals surface area contributed by atoms with Crippen molar-refractivity contribution in [3.05, 3.63) is 47.4 Å². The average molecular weight is 428 g/mol. The molecule has 0 saturated carbocycles. The molecule has 0 aliphatic rings. The Hall–Kier alpha value is -1.90. The molecule has 28 heavy (non-hydrogen) atoms. The second-order valence-electron chi connectivity index (χ2n) is 7.77. The van der Waals surface area contributed by atoms with Crippen molar-refractivity contribution in [2.24, 2.45) is 0 Å². The molecule has 3 aromatic rings. The third kappa shape index (κ3) is 4.74. The van der Waals surface area contributed by atoms with Gasteiger partial charge in [-0.25, -0.2) is 4.98 Å². The standard InChI is InChI=1S/C19H21ClF3N3OSi/c1-28(2,3)9-8-27-12-26-16(10-14-15(20)6-7-24-18(14)26)13-4-5-17(25-11-13)19(21,22)23/h4-7,10-11H,8-9,12H2,1-3H3. The van der Waals surface area contributed by atoms with Gasteiger partial charge in [-0.15, -0.1) is 0 Å². The van der Waals surface area contributed by atoms with E-state index in [1.807, 2.05) is 4.57 Å². The summed E-state index contributed by atoms with van der Waals surface area (Å²) in [5, 5.41) is 1.24. The summed E-state index contributed by atoms with van der Waals surface area (Å²) in [6.07, 6.45) is -1.67. The Bertz CT molecular complexity index is 965. The number of pyridine rings is 2. The van der Waals surface area contributed by atoms with Gasteiger partial charge < -0.3 is 9.30 Å². The van der Waals surface area contributed by atoms with E-state index in [9.17, 15) is 13.2 Å². The fourth-order valence-corrected chi connectivity index (χ4v) is 3.69. The van der Waals surface area contributed by atoms with Crippen LogP contribution in [-0.4, -0.2) is 29.2 Å². The van der Waals surface area contributed by atoms with Crippen LogP contribution in [0, 0.1) is 0 Å². The fourth-order valence-electron chi connectivity index (χ4n) is 2.73. The van der Waals surface area contributed by atoms with E-state index in [0.29, 0.717) is 33.9 Å². The Morgan fingerprint density at radius 1 is 1.14 bits per heavy atom. The Morgan fingerprint density at radius 3 is 2.50 bits per heavy atom. The smallest absolute Gasteiger partial charge is 0.361 e. The van der Waals surface area contributed by atoms with Crippen LogP contribution in [-0.2, 0) is 17.6 Å². The molecule has 0 aliphatic heterocycles. The predicted octanol–water partition coefficient (Wildman–Crippen LogP) is 6.08. The molecule has 0 radical (unpaired) electrons. The van der Waals surface area contributed by atoms with E-state index in [4.69, 9.17) is 16.3 Å². The summed E-state index contributed by atoms with van der Waals surface area (Å²) in [7, 11) is -1.23. The van der Waals surface area contributed by atoms with Gasteiger partial charge in [0.1, 0.15) is 18.1 Å². The number of halogens is 4. The summed E-state index contributed by atoms with van der Waals surface area (Å²) in [5.41, 5.74) is 0.887. The van der Waals surface area contributed by atoms with E-state index in [1.165, 1.54) is 12.3 Å². The van der Waals surface area contributed by atoms with Gasteiger partial charge in [0, 0.05) is 38.0 Å². The number of hydrogen-bond acceptors (Lipinski definition) is 3. The molecule has 0 fully saturated rings. The largest absolute Gasteiger partial charge is 0.433 e. The fraction of sp³-hybridized carbons (Fsp3) is 0.368. The van der Waals surface area contributed by atoms with Gasteiger partial charge in [0.05, 0.1) is 10.7 Å². The van der Waals surface area contributed by atoms with Gasteiger partial charge in [-0.05, 0) is 30.3 Å². The van der Waals surface area contributed by atoms with Crippen molar-refractivity contribution < 1.29 is 17.9 Å². The predicted molar refractivity (Wildman–Crippen MR) is 107 cm³/mol. The normalized spacial score (nSPS) is 12.7. The summed E-state index contributed by atoms with van der Waals surface area (Å²) in [6.45, 7) is 7.64. The number of ether oxygens (including phenoxy) is 1. The maximum absolute atomic E-state index is 12.8. The molecule has 0 bridgehead atoms. The van der Waals surface area contributed by atoms with E-state index in [-0.39, 0.29) is 6.73 Å². The van der Waals surface area contributed by atoms with Crippen molar-refractivity contribution in [3.63, 3.8) is 0 Å². The summed E-state index contributed by atoms with van der Waals surface area (Å²) in [4.78, 5) is 7.94. The van der Waals surface area contributed by atoms with Gasteiger partial charge in [-0.1, -0.05) is 31.2 Å². The third-order valence-corrected chi connectivity index (χ3v) is 6.34. The number of fused-ring (bicyclic) bond motifs is 1. The van der Waals surface area contributed by atoms with Crippen LogP contribution in [0.1, 0.15) is 5.69 Å². The van der Waals surface area contributed by atoms with Crippen LogP contribution in [0.4, 0.5) is 13.2 Å². The molecular formula is C19H21ClF3N3OSi. The van der Waals surface area contributed by atoms with Crippen LogP contribution in [0.2, 0.25) is 30.7 Å². The van der Waals surface area contributed by atoms with Crippen LogP contribution in [0.3, 0.4) is 0 Å². The molecule has 0 N–H and O–H groups in total. The van der Waals surface area contributed by atoms with Crippen molar-refractivity contribution >= 4 is 30.7 Å². The van der Waals surface area contributed by atoms with Gasteiger partial charge in [0.2, 0.25) is 0 Å². The summed E-state index contributed by atoms with van der Waals surface area (Å²) in [5.74, 6) is 0. The molecule has 0 amide bonds. The van der Waals surface area contributed by atoms with E-state index in [0.717, 1.165) is 12.1 Å². The highest BCUT2D eigenvalue weighted by Gasteiger charge is 2.32. The topological polar surface area (TPSA) is 39.9 Å². The highest BCUT2D eigenvalue weighted by Crippen LogP contribution is 2.33. The van der Waals surface area contributed by atoms with Crippen molar-refractivity contribution in [1.82, 2.24) is 14.5 Å². The van der Waals surface area contributed by atoms with E-state index < -0.39 is 19.9 Å². The second-order valence-corrected chi connectivity index (χ2v) is 13.8. The van der Waals surface area contributed by atoms with Crippen molar-refractivity contribution in [2.45, 2.75) is 38.6 Å². The second kappa shape index (κ2) is 7.85. The molecule has 0 aromatic carbocycles. The molecule has 3 aromatic heterocycles. The first-order valence-corrected chi connectivity index (χ1v) is 12.9. The van der Waals surface area contributed by atoms with Crippen LogP contribution in [0.25, 0.3) is 22.3 Å². The molecule has 3 heterocycles. The lowest BCUT2D eigenvalue weighted by Gasteiger charge is -2.16. The van der Waals surface area contributed by atoms with E-state index >= 15 is 0 Å². The lowest BCUT2D eigenvalue weighted by atomic mass is 10.2. The van der Waals surface area contributed by atoms with Gasteiger partial charge in [0.25, 0.3) is 0 Å². The van der Waals surface area contributed by atoms with Gasteiger partial charge in [0.15, 0.2) is 0 Å². The van der Waals surface area contributed by atoms with Crippen molar-refractivity contribution in [3.8, 4) is 11.3 Å². The number of rotatable bonds is 6. The zero-order valence-electron chi connectivity index (χ0n) is 15.8. The van der Waals surface area contributed by atoms with Crippen LogP contribution in [0.5, 0.6) is 0 Å². The molecule has 150 valence electrons. The molecule has 4 nitrogen and oxygen atoms in total. The van der Waals surface area contributed by atoms with Gasteiger partial charge >= 0.3 is 6.18 Å². The van der Waals surface area contributed by atoms with Crippen LogP contribution < -0.4 is 0 Å². The highest BCUT2D eigenvalue weighted by molar-refractivity contribution is 6.76. The van der Waals surface area contributed by atoms with E-state index in [2.05, 4.69) is 29.6 Å². The Kier molecular flexibility index (Phi) is 5.83. The molecule has 0 spiro atoms. The quantitative estimate of drug-likeness (QED) is 0.353. The first kappa shape index (κ1) is 20.8. The molecule has 0 atom stereocenters. The average Bonchev–Trinajstić information content (AvgIpc) is 2.97. The first-order chi connectivity index (χ1) is 13.1. The Morgan fingerprint density at radius 2 is 1.89 bits per heavy atom. The Balaban J connectivity index is 1.96. The zero-order valence-corrected chi connectivity index (χ0v) is 17.6. The van der Waals surface area contributed by atoms with Crippen molar-refractivity contribution in [1.29, 1.82) is 0 Å². The van der Waals surface area contributed by atoms with Crippen molar-refractivity contribution in [2.75, 3.05) is 6.61 Å². The molecule has 0 unspecified atom stereocenters. The van der Waals surface area contributed by atoms with Gasteiger partial charge in [-0.2, -0.15) is 13.2 Å². The minimum atomic E-state index is -4.48. The first-order valence-electron chi connectivity index (χ1n) is 8.81. The van der Waals surface area contributed by atoms with Gasteiger partial charge in [-0.3, -0.25) is 4.98 Å². The Labute approximate surface area is 167 Å². The van der Waals surface area contributed by atoms with Crippen LogP contribution >= 0.6 is 11.6 Å². The monoisotopic (exact) mass is 427 g/mol. The number of hydrogen-bond donors (Lipinski definition) is 0. The summed E-state index contributed by atoms with van der Waals surface area (Å²) < 4.78 is 46.1. The zero-order chi connectivity index (χ0) is 20.5. The summed E-state index contributed by atoms with van der Waals surface area (Å²) >= 11 is 6.28. The maximum Gasteiger partial charge on any atom is 0.433 e. The number of alkyl halides is 3. The van der Waals surface area contributed by atoms with E-state index in [1.54, 1.807) is 18.3 Å². The molecule has 0 saturated heterocycles. The van der Waals surface area contributed by atoms with Crippen LogP contribution in [0.15, 0.2) is 36.7 Å². The minimum absolute atomic E-state index is 0.234. The molecule has 9 heteroatoms.